The van der Waals surface area contributed by atoms with Gasteiger partial charge in [0, 0.05) is 11.6 Å². The Morgan fingerprint density at radius 1 is 1.13 bits per heavy atom. The number of carbonyl (C=O) groups excluding carboxylic acids is 4. The highest BCUT2D eigenvalue weighted by molar-refractivity contribution is 6.11. The number of rotatable bonds is 6. The molecule has 2 aliphatic heterocycles. The van der Waals surface area contributed by atoms with Crippen molar-refractivity contribution in [1.29, 1.82) is 0 Å². The minimum absolute atomic E-state index is 0.0190. The molecule has 2 heterocycles. The molecule has 0 aromatic heterocycles. The lowest BCUT2D eigenvalue weighted by Crippen LogP contribution is -2.44. The second kappa shape index (κ2) is 7.75. The number of nitrogens with one attached hydrogen (secondary N) is 2. The molecule has 0 bridgehead atoms. The number of carbonyl (C=O) groups is 4. The first kappa shape index (κ1) is 20.4. The molecule has 2 aliphatic rings. The molecule has 4 amide bonds. The average molecular weight is 423 g/mol. The highest BCUT2D eigenvalue weighted by Gasteiger charge is 2.51. The van der Waals surface area contributed by atoms with Crippen molar-refractivity contribution in [2.45, 2.75) is 25.8 Å². The highest BCUT2D eigenvalue weighted by atomic mass is 16.7. The molecule has 2 aromatic rings. The van der Waals surface area contributed by atoms with E-state index in [1.165, 1.54) is 19.1 Å². The number of amides is 4. The summed E-state index contributed by atoms with van der Waals surface area (Å²) < 4.78 is 10.6. The van der Waals surface area contributed by atoms with Crippen LogP contribution in [0, 0.1) is 0 Å². The maximum atomic E-state index is 13.2. The molecule has 2 N–H and O–H groups in total. The van der Waals surface area contributed by atoms with Crippen LogP contribution in [-0.4, -0.2) is 41.9 Å². The van der Waals surface area contributed by atoms with Crippen LogP contribution >= 0.6 is 0 Å². The summed E-state index contributed by atoms with van der Waals surface area (Å²) in [7, 11) is 0. The third-order valence-corrected chi connectivity index (χ3v) is 5.44. The second-order valence-corrected chi connectivity index (χ2v) is 7.30. The van der Waals surface area contributed by atoms with E-state index < -0.39 is 29.9 Å². The van der Waals surface area contributed by atoms with Gasteiger partial charge < -0.3 is 20.1 Å². The van der Waals surface area contributed by atoms with Gasteiger partial charge in [-0.1, -0.05) is 37.3 Å². The van der Waals surface area contributed by atoms with E-state index >= 15 is 0 Å². The predicted molar refractivity (Wildman–Crippen MR) is 110 cm³/mol. The maximum absolute atomic E-state index is 13.2. The van der Waals surface area contributed by atoms with Crippen molar-refractivity contribution in [3.05, 3.63) is 53.6 Å². The number of nitrogens with zero attached hydrogens (tertiary/aromatic N) is 1. The van der Waals surface area contributed by atoms with Crippen molar-refractivity contribution in [1.82, 2.24) is 10.2 Å². The van der Waals surface area contributed by atoms with Crippen LogP contribution in [0.3, 0.4) is 0 Å². The Balaban J connectivity index is 1.55. The van der Waals surface area contributed by atoms with E-state index in [0.29, 0.717) is 23.5 Å². The van der Waals surface area contributed by atoms with Crippen LogP contribution < -0.4 is 20.1 Å². The molecule has 31 heavy (non-hydrogen) atoms. The van der Waals surface area contributed by atoms with Crippen molar-refractivity contribution in [2.75, 3.05) is 18.7 Å². The quantitative estimate of drug-likeness (QED) is 0.545. The number of urea groups is 1. The van der Waals surface area contributed by atoms with E-state index in [1.54, 1.807) is 31.2 Å². The Bertz CT molecular complexity index is 1080. The van der Waals surface area contributed by atoms with Gasteiger partial charge in [-0.15, -0.1) is 0 Å². The summed E-state index contributed by atoms with van der Waals surface area (Å²) in [6, 6.07) is 11.2. The number of hydrogen-bond acceptors (Lipinski definition) is 6. The average Bonchev–Trinajstić information content (AvgIpc) is 3.31. The van der Waals surface area contributed by atoms with Crippen molar-refractivity contribution in [3.8, 4) is 11.5 Å². The second-order valence-electron chi connectivity index (χ2n) is 7.30. The molecule has 160 valence electrons. The fraction of sp³-hybridized carbons (Fsp3) is 0.273. The Morgan fingerprint density at radius 3 is 2.45 bits per heavy atom. The number of hydrogen-bond donors (Lipinski definition) is 2. The van der Waals surface area contributed by atoms with Gasteiger partial charge in [0.05, 0.1) is 5.69 Å². The largest absolute Gasteiger partial charge is 0.454 e. The first-order chi connectivity index (χ1) is 14.9. The van der Waals surface area contributed by atoms with Gasteiger partial charge in [-0.05, 0) is 25.0 Å². The van der Waals surface area contributed by atoms with E-state index in [0.717, 1.165) is 4.90 Å². The molecule has 0 saturated carbocycles. The lowest BCUT2D eigenvalue weighted by Gasteiger charge is -2.25. The van der Waals surface area contributed by atoms with Gasteiger partial charge in [0.2, 0.25) is 12.7 Å². The third-order valence-electron chi connectivity index (χ3n) is 5.44. The molecule has 1 atom stereocenters. The zero-order valence-electron chi connectivity index (χ0n) is 17.1. The van der Waals surface area contributed by atoms with E-state index in [4.69, 9.17) is 9.47 Å². The summed E-state index contributed by atoms with van der Waals surface area (Å²) in [5.41, 5.74) is -0.115. The van der Waals surface area contributed by atoms with Crippen LogP contribution in [0.1, 0.15) is 36.2 Å². The number of ketones is 1. The number of ether oxygens (including phenoxy) is 2. The molecule has 2 aromatic carbocycles. The minimum Gasteiger partial charge on any atom is -0.454 e. The summed E-state index contributed by atoms with van der Waals surface area (Å²) in [6.45, 7) is 2.68. The number of fused-ring (bicyclic) bond motifs is 1. The molecule has 9 heteroatoms. The van der Waals surface area contributed by atoms with Gasteiger partial charge in [-0.3, -0.25) is 19.3 Å². The topological polar surface area (TPSA) is 114 Å². The molecular formula is C22H21N3O6. The highest BCUT2D eigenvalue weighted by Crippen LogP contribution is 2.37. The van der Waals surface area contributed by atoms with Crippen LogP contribution in [0.25, 0.3) is 0 Å². The lowest BCUT2D eigenvalue weighted by molar-refractivity contribution is -0.134. The zero-order chi connectivity index (χ0) is 22.2. The van der Waals surface area contributed by atoms with Crippen molar-refractivity contribution in [2.24, 2.45) is 0 Å². The summed E-state index contributed by atoms with van der Waals surface area (Å²) in [5.74, 6) is -0.599. The molecular weight excluding hydrogens is 402 g/mol. The summed E-state index contributed by atoms with van der Waals surface area (Å²) >= 11 is 0. The van der Waals surface area contributed by atoms with E-state index in [1.807, 2.05) is 6.07 Å². The van der Waals surface area contributed by atoms with Gasteiger partial charge in [0.1, 0.15) is 12.1 Å². The van der Waals surface area contributed by atoms with Crippen molar-refractivity contribution in [3.63, 3.8) is 0 Å². The molecule has 0 unspecified atom stereocenters. The monoisotopic (exact) mass is 423 g/mol. The van der Waals surface area contributed by atoms with Gasteiger partial charge in [0.25, 0.3) is 5.91 Å². The van der Waals surface area contributed by atoms with Gasteiger partial charge >= 0.3 is 6.03 Å². The zero-order valence-corrected chi connectivity index (χ0v) is 17.1. The molecule has 1 saturated heterocycles. The Morgan fingerprint density at radius 2 is 1.81 bits per heavy atom. The van der Waals surface area contributed by atoms with Gasteiger partial charge in [0.15, 0.2) is 17.3 Å². The fourth-order valence-corrected chi connectivity index (χ4v) is 3.80. The van der Waals surface area contributed by atoms with Gasteiger partial charge in [-0.25, -0.2) is 4.79 Å². The van der Waals surface area contributed by atoms with Crippen LogP contribution in [0.15, 0.2) is 42.5 Å². The van der Waals surface area contributed by atoms with Crippen molar-refractivity contribution < 1.29 is 28.7 Å². The third kappa shape index (κ3) is 3.48. The van der Waals surface area contributed by atoms with E-state index in [-0.39, 0.29) is 23.8 Å². The molecule has 0 aliphatic carbocycles. The normalized spacial score (nSPS) is 19.4. The number of imide groups is 1. The Kier molecular flexibility index (Phi) is 5.10. The number of benzene rings is 2. The number of Topliss-reactive ketones (excluding diaryl/α,β-unsaturated/α-hetero) is 1. The standard InChI is InChI=1S/C22H21N3O6/c1-3-22(14-7-5-4-6-8-14)20(28)25(21(29)24-22)11-19(27)23-16-10-18-17(30-12-31-18)9-15(16)13(2)26/h4-10H,3,11-12H2,1-2H3,(H,23,27)(H,24,29)/t22-/m0/s1. The molecule has 4 rings (SSSR count). The van der Waals surface area contributed by atoms with Crippen LogP contribution in [-0.2, 0) is 15.1 Å². The Hall–Kier alpha value is -3.88. The Labute approximate surface area is 178 Å². The van der Waals surface area contributed by atoms with E-state index in [2.05, 4.69) is 10.6 Å². The first-order valence-electron chi connectivity index (χ1n) is 9.80. The predicted octanol–water partition coefficient (Wildman–Crippen LogP) is 2.41. The summed E-state index contributed by atoms with van der Waals surface area (Å²) in [6.07, 6.45) is 0.330. The van der Waals surface area contributed by atoms with Gasteiger partial charge in [-0.2, -0.15) is 0 Å². The molecule has 0 spiro atoms. The van der Waals surface area contributed by atoms with Crippen LogP contribution in [0.4, 0.5) is 10.5 Å². The SMILES string of the molecule is CC[C@@]1(c2ccccc2)NC(=O)N(CC(=O)Nc2cc3c(cc2C(C)=O)OCO3)C1=O. The first-order valence-corrected chi connectivity index (χ1v) is 9.80. The fourth-order valence-electron chi connectivity index (χ4n) is 3.80. The number of anilines is 1. The van der Waals surface area contributed by atoms with Crippen LogP contribution in [0.5, 0.6) is 11.5 Å². The summed E-state index contributed by atoms with van der Waals surface area (Å²) in [4.78, 5) is 51.3. The minimum atomic E-state index is -1.22. The van der Waals surface area contributed by atoms with E-state index in [9.17, 15) is 19.2 Å². The maximum Gasteiger partial charge on any atom is 0.325 e. The smallest absolute Gasteiger partial charge is 0.325 e. The van der Waals surface area contributed by atoms with Crippen LogP contribution in [0.2, 0.25) is 0 Å². The summed E-state index contributed by atoms with van der Waals surface area (Å²) in [5, 5.41) is 5.34. The molecule has 1 fully saturated rings. The molecule has 9 nitrogen and oxygen atoms in total. The van der Waals surface area contributed by atoms with Crippen molar-refractivity contribution >= 4 is 29.3 Å². The lowest BCUT2D eigenvalue weighted by atomic mass is 9.87. The molecule has 0 radical (unpaired) electrons.